The molecule has 2 aliphatic rings. The van der Waals surface area contributed by atoms with Crippen molar-refractivity contribution in [1.82, 2.24) is 5.32 Å². The Morgan fingerprint density at radius 1 is 1.19 bits per heavy atom. The summed E-state index contributed by atoms with van der Waals surface area (Å²) in [7, 11) is 0. The third kappa shape index (κ3) is 1.34. The molecule has 0 radical (unpaired) electrons. The molecule has 1 aromatic carbocycles. The fraction of sp³-hybridized carbons (Fsp3) is 0.571. The lowest BCUT2D eigenvalue weighted by molar-refractivity contribution is 0.0887. The smallest absolute Gasteiger partial charge is 0.0466 e. The van der Waals surface area contributed by atoms with E-state index < -0.39 is 0 Å². The molecule has 2 heteroatoms. The minimum atomic E-state index is 0. The molecule has 1 saturated heterocycles. The van der Waals surface area contributed by atoms with Crippen molar-refractivity contribution in [3.8, 4) is 0 Å². The Hall–Kier alpha value is -0.530. The summed E-state index contributed by atoms with van der Waals surface area (Å²) < 4.78 is 0. The third-order valence-corrected chi connectivity index (χ3v) is 4.73. The van der Waals surface area contributed by atoms with Gasteiger partial charge in [0.2, 0.25) is 0 Å². The summed E-state index contributed by atoms with van der Waals surface area (Å²) in [5.41, 5.74) is 3.72. The number of fused-ring (bicyclic) bond motifs is 3. The number of hydrogen-bond acceptors (Lipinski definition) is 1. The molecule has 1 aliphatic heterocycles. The van der Waals surface area contributed by atoms with Crippen LogP contribution in [0.5, 0.6) is 0 Å². The summed E-state index contributed by atoms with van der Waals surface area (Å²) in [5, 5.41) is 3.75. The van der Waals surface area contributed by atoms with E-state index in [1.54, 1.807) is 5.56 Å². The van der Waals surface area contributed by atoms with Gasteiger partial charge in [-0.3, -0.25) is 0 Å². The second-order valence-electron chi connectivity index (χ2n) is 5.55. The molecule has 0 amide bonds. The predicted octanol–water partition coefficient (Wildman–Crippen LogP) is 3.27. The van der Waals surface area contributed by atoms with E-state index in [4.69, 9.17) is 0 Å². The highest BCUT2D eigenvalue weighted by molar-refractivity contribution is 5.85. The molecule has 0 aromatic heterocycles. The van der Waals surface area contributed by atoms with Gasteiger partial charge in [0.15, 0.2) is 0 Å². The predicted molar refractivity (Wildman–Crippen MR) is 70.1 cm³/mol. The number of nitrogens with one attached hydrogen (secondary N) is 1. The topological polar surface area (TPSA) is 12.0 Å². The van der Waals surface area contributed by atoms with E-state index >= 15 is 0 Å². The summed E-state index contributed by atoms with van der Waals surface area (Å²) in [6.45, 7) is 6.00. The molecule has 1 heterocycles. The highest BCUT2D eigenvalue weighted by Crippen LogP contribution is 2.53. The second-order valence-corrected chi connectivity index (χ2v) is 5.55. The quantitative estimate of drug-likeness (QED) is 0.731. The fourth-order valence-electron chi connectivity index (χ4n) is 3.55. The van der Waals surface area contributed by atoms with Gasteiger partial charge >= 0.3 is 0 Å². The van der Waals surface area contributed by atoms with Crippen LogP contribution >= 0.6 is 12.4 Å². The summed E-state index contributed by atoms with van der Waals surface area (Å²) >= 11 is 0. The summed E-state index contributed by atoms with van der Waals surface area (Å²) in [4.78, 5) is 0. The van der Waals surface area contributed by atoms with E-state index in [0.29, 0.717) is 5.41 Å². The van der Waals surface area contributed by atoms with Gasteiger partial charge in [0.25, 0.3) is 0 Å². The maximum atomic E-state index is 3.75. The standard InChI is InChI=1S/C14H19N.ClH/c1-13-8-5-9-15-14(13,2)12-7-4-3-6-11(12)10-13;/h3-4,6-7,15H,5,8-10H2,1-2H3;1H. The molecule has 1 fully saturated rings. The summed E-state index contributed by atoms with van der Waals surface area (Å²) in [6.07, 6.45) is 3.91. The minimum absolute atomic E-state index is 0. The van der Waals surface area contributed by atoms with E-state index in [-0.39, 0.29) is 17.9 Å². The van der Waals surface area contributed by atoms with E-state index in [2.05, 4.69) is 43.4 Å². The summed E-state index contributed by atoms with van der Waals surface area (Å²) in [6, 6.07) is 8.94. The van der Waals surface area contributed by atoms with Crippen molar-refractivity contribution in [2.75, 3.05) is 6.54 Å². The normalized spacial score (nSPS) is 36.1. The first-order valence-corrected chi connectivity index (χ1v) is 5.99. The Morgan fingerprint density at radius 2 is 1.94 bits per heavy atom. The van der Waals surface area contributed by atoms with E-state index in [1.165, 1.54) is 31.4 Å². The van der Waals surface area contributed by atoms with Crippen molar-refractivity contribution in [2.24, 2.45) is 5.41 Å². The van der Waals surface area contributed by atoms with Crippen molar-refractivity contribution >= 4 is 12.4 Å². The number of hydrogen-bond donors (Lipinski definition) is 1. The van der Waals surface area contributed by atoms with Crippen LogP contribution < -0.4 is 5.32 Å². The first kappa shape index (κ1) is 11.9. The highest BCUT2D eigenvalue weighted by Gasteiger charge is 2.52. The van der Waals surface area contributed by atoms with Gasteiger partial charge in [0, 0.05) is 5.54 Å². The Balaban J connectivity index is 0.000000963. The van der Waals surface area contributed by atoms with Crippen molar-refractivity contribution in [2.45, 2.75) is 38.6 Å². The first-order chi connectivity index (χ1) is 7.16. The van der Waals surface area contributed by atoms with Crippen molar-refractivity contribution in [3.63, 3.8) is 0 Å². The van der Waals surface area contributed by atoms with Crippen LogP contribution in [-0.2, 0) is 12.0 Å². The van der Waals surface area contributed by atoms with Crippen LogP contribution in [0.2, 0.25) is 0 Å². The second kappa shape index (κ2) is 3.75. The van der Waals surface area contributed by atoms with Crippen molar-refractivity contribution < 1.29 is 0 Å². The van der Waals surface area contributed by atoms with Gasteiger partial charge in [0.05, 0.1) is 0 Å². The van der Waals surface area contributed by atoms with E-state index in [0.717, 1.165) is 0 Å². The third-order valence-electron chi connectivity index (χ3n) is 4.73. The first-order valence-electron chi connectivity index (χ1n) is 5.99. The van der Waals surface area contributed by atoms with E-state index in [1.807, 2.05) is 0 Å². The van der Waals surface area contributed by atoms with Crippen LogP contribution in [0.3, 0.4) is 0 Å². The van der Waals surface area contributed by atoms with Gasteiger partial charge < -0.3 is 5.32 Å². The summed E-state index contributed by atoms with van der Waals surface area (Å²) in [5.74, 6) is 0. The maximum Gasteiger partial charge on any atom is 0.0466 e. The zero-order valence-corrected chi connectivity index (χ0v) is 10.9. The molecule has 3 rings (SSSR count). The van der Waals surface area contributed by atoms with Gasteiger partial charge in [0.1, 0.15) is 0 Å². The van der Waals surface area contributed by atoms with Crippen LogP contribution in [0, 0.1) is 5.41 Å². The molecule has 2 unspecified atom stereocenters. The van der Waals surface area contributed by atoms with Crippen molar-refractivity contribution in [1.29, 1.82) is 0 Å². The zero-order chi connectivity index (χ0) is 10.5. The van der Waals surface area contributed by atoms with Crippen LogP contribution in [-0.4, -0.2) is 6.54 Å². The Kier molecular flexibility index (Phi) is 2.80. The maximum absolute atomic E-state index is 3.75. The fourth-order valence-corrected chi connectivity index (χ4v) is 3.55. The van der Waals surface area contributed by atoms with Gasteiger partial charge in [-0.15, -0.1) is 12.4 Å². The SMILES string of the molecule is CC12CCCNC1(C)c1ccccc1C2.Cl. The largest absolute Gasteiger partial charge is 0.307 e. The molecular weight excluding hydrogens is 218 g/mol. The molecule has 0 saturated carbocycles. The average molecular weight is 238 g/mol. The minimum Gasteiger partial charge on any atom is -0.307 e. The average Bonchev–Trinajstić information content (AvgIpc) is 2.47. The van der Waals surface area contributed by atoms with Crippen LogP contribution in [0.25, 0.3) is 0 Å². The highest BCUT2D eigenvalue weighted by atomic mass is 35.5. The Labute approximate surface area is 104 Å². The number of piperidine rings is 1. The number of rotatable bonds is 0. The number of benzene rings is 1. The molecule has 16 heavy (non-hydrogen) atoms. The molecule has 88 valence electrons. The lowest BCUT2D eigenvalue weighted by Crippen LogP contribution is -2.53. The molecule has 1 N–H and O–H groups in total. The van der Waals surface area contributed by atoms with Gasteiger partial charge in [-0.05, 0) is 49.3 Å². The lowest BCUT2D eigenvalue weighted by atomic mass is 9.67. The lowest BCUT2D eigenvalue weighted by Gasteiger charge is -2.46. The van der Waals surface area contributed by atoms with Crippen LogP contribution in [0.15, 0.2) is 24.3 Å². The molecular formula is C14H20ClN. The molecule has 0 bridgehead atoms. The van der Waals surface area contributed by atoms with E-state index in [9.17, 15) is 0 Å². The molecule has 1 aromatic rings. The van der Waals surface area contributed by atoms with Crippen LogP contribution in [0.4, 0.5) is 0 Å². The molecule has 1 nitrogen and oxygen atoms in total. The van der Waals surface area contributed by atoms with Gasteiger partial charge in [-0.1, -0.05) is 31.2 Å². The molecule has 2 atom stereocenters. The molecule has 0 spiro atoms. The zero-order valence-electron chi connectivity index (χ0n) is 10.0. The van der Waals surface area contributed by atoms with Crippen LogP contribution in [0.1, 0.15) is 37.8 Å². The Morgan fingerprint density at radius 3 is 2.75 bits per heavy atom. The Bertz CT molecular complexity index is 403. The number of halogens is 1. The van der Waals surface area contributed by atoms with Gasteiger partial charge in [-0.25, -0.2) is 0 Å². The van der Waals surface area contributed by atoms with Crippen molar-refractivity contribution in [3.05, 3.63) is 35.4 Å². The monoisotopic (exact) mass is 237 g/mol. The van der Waals surface area contributed by atoms with Gasteiger partial charge in [-0.2, -0.15) is 0 Å². The molecule has 1 aliphatic carbocycles.